The van der Waals surface area contributed by atoms with E-state index in [0.717, 1.165) is 106 Å². The number of hydrogen-bond donors (Lipinski definition) is 4. The summed E-state index contributed by atoms with van der Waals surface area (Å²) >= 11 is 0. The number of carbonyl (C=O) groups excluding carboxylic acids is 3. The fraction of sp³-hybridized carbons (Fsp3) is 0.617. The van der Waals surface area contributed by atoms with Crippen molar-refractivity contribution in [2.75, 3.05) is 39.3 Å². The normalized spacial score (nSPS) is 39.9. The minimum atomic E-state index is -0.940. The van der Waals surface area contributed by atoms with Crippen molar-refractivity contribution in [1.29, 1.82) is 0 Å². The number of aromatic hydroxyl groups is 3. The first-order valence-corrected chi connectivity index (χ1v) is 28.2. The van der Waals surface area contributed by atoms with Gasteiger partial charge in [0, 0.05) is 78.6 Å². The summed E-state index contributed by atoms with van der Waals surface area (Å²) in [5.74, 6) is 5.88. The topological polar surface area (TPSA) is 170 Å². The van der Waals surface area contributed by atoms with Gasteiger partial charge in [0.25, 0.3) is 0 Å². The first-order chi connectivity index (χ1) is 35.4. The summed E-state index contributed by atoms with van der Waals surface area (Å²) in [6, 6.07) is 12.3. The van der Waals surface area contributed by atoms with Crippen LogP contribution < -0.4 is 14.2 Å². The van der Waals surface area contributed by atoms with Gasteiger partial charge in [-0.05, 0) is 174 Å². The molecule has 4 N–H and O–H groups in total. The van der Waals surface area contributed by atoms with E-state index in [9.17, 15) is 34.8 Å². The van der Waals surface area contributed by atoms with E-state index >= 15 is 0 Å². The van der Waals surface area contributed by atoms with Gasteiger partial charge in [0.15, 0.2) is 70.2 Å². The number of hydrogen-bond acceptors (Lipinski definition) is 13. The van der Waals surface area contributed by atoms with Crippen molar-refractivity contribution in [2.24, 2.45) is 29.6 Å². The van der Waals surface area contributed by atoms with Crippen molar-refractivity contribution in [1.82, 2.24) is 14.7 Å². The lowest BCUT2D eigenvalue weighted by Gasteiger charge is -2.62. The summed E-state index contributed by atoms with van der Waals surface area (Å²) < 4.78 is 18.3. The maximum atomic E-state index is 12.7. The molecule has 3 aromatic rings. The average molecular weight is 990 g/mol. The van der Waals surface area contributed by atoms with E-state index in [2.05, 4.69) is 26.8 Å². The van der Waals surface area contributed by atoms with Crippen LogP contribution in [0, 0.1) is 29.6 Å². The molecule has 13 nitrogen and oxygen atoms in total. The molecule has 6 heterocycles. The van der Waals surface area contributed by atoms with Gasteiger partial charge in [0.05, 0.1) is 16.4 Å². The maximum absolute atomic E-state index is 12.7. The van der Waals surface area contributed by atoms with Gasteiger partial charge in [-0.25, -0.2) is 0 Å². The number of aliphatic hydroxyl groups is 1. The summed E-state index contributed by atoms with van der Waals surface area (Å²) in [6.07, 6.45) is 18.5. The summed E-state index contributed by atoms with van der Waals surface area (Å²) in [7, 11) is 0. The third-order valence-electron chi connectivity index (χ3n) is 22.0. The van der Waals surface area contributed by atoms with E-state index in [1.807, 2.05) is 12.1 Å². The number of likely N-dealkylation sites (tertiary alicyclic amines) is 3. The fourth-order valence-electron chi connectivity index (χ4n) is 18.4. The van der Waals surface area contributed by atoms with Crippen LogP contribution in [0.15, 0.2) is 48.6 Å². The quantitative estimate of drug-likeness (QED) is 0.223. The molecule has 9 aliphatic carbocycles. The molecule has 6 aliphatic heterocycles. The van der Waals surface area contributed by atoms with Crippen molar-refractivity contribution < 1.29 is 49.0 Å². The standard InChI is InChI=1S/C20H23NO4.C20H23NO3.C20H21NO3/c22-13-4-3-12-9-15-20(24)6-5-14(23)18-19(20,16(12)17(13)25-18)7-8-21(15)10-11-1-2-11;2*22-15-5-3-12-9-14-13-4-6-16(23)19-20(13,17(12)18(15)24-19)7-8-21(14)10-11-1-2-11/h3-4,11,15,18,22,24H,1-2,5-10H2;3,5,11,13-14,19,22H,1-2,4,6-10H2;3-6,11,13-14,19,22H,1-2,7-10H2/t15?,18-,19?,20+;2*13-,14?,19-,20?/m000/s1. The number of piperidine rings is 3. The number of phenols is 3. The van der Waals surface area contributed by atoms with Crippen LogP contribution in [0.5, 0.6) is 34.5 Å². The first kappa shape index (κ1) is 44.4. The van der Waals surface area contributed by atoms with Gasteiger partial charge in [0.1, 0.15) is 0 Å². The largest absolute Gasteiger partial charge is 0.504 e. The molecule has 18 rings (SSSR count). The molecule has 15 aliphatic rings. The molecule has 13 heteroatoms. The second kappa shape index (κ2) is 15.1. The Morgan fingerprint density at radius 2 is 1.05 bits per heavy atom. The molecule has 3 aromatic carbocycles. The summed E-state index contributed by atoms with van der Waals surface area (Å²) in [6.45, 7) is 6.49. The lowest BCUT2D eigenvalue weighted by Crippen LogP contribution is -2.76. The van der Waals surface area contributed by atoms with Gasteiger partial charge in [-0.3, -0.25) is 29.1 Å². The molecule has 6 bridgehead atoms. The highest BCUT2D eigenvalue weighted by Gasteiger charge is 2.74. The summed E-state index contributed by atoms with van der Waals surface area (Å²) in [5, 5.41) is 42.9. The number of Topliss-reactive ketones (excluding diaryl/α,β-unsaturated/α-hetero) is 2. The zero-order valence-corrected chi connectivity index (χ0v) is 41.6. The van der Waals surface area contributed by atoms with Crippen molar-refractivity contribution in [3.05, 3.63) is 81.9 Å². The predicted molar refractivity (Wildman–Crippen MR) is 266 cm³/mol. The lowest BCUT2D eigenvalue weighted by atomic mass is 9.49. The molecule has 6 unspecified atom stereocenters. The van der Waals surface area contributed by atoms with Crippen LogP contribution in [0.3, 0.4) is 0 Å². The van der Waals surface area contributed by atoms with E-state index in [0.29, 0.717) is 60.4 Å². The number of rotatable bonds is 6. The molecule has 0 aromatic heterocycles. The Labute approximate surface area is 425 Å². The van der Waals surface area contributed by atoms with Crippen LogP contribution >= 0.6 is 0 Å². The Morgan fingerprint density at radius 1 is 0.534 bits per heavy atom. The molecular weight excluding hydrogens is 923 g/mol. The van der Waals surface area contributed by atoms with E-state index in [-0.39, 0.29) is 57.6 Å². The van der Waals surface area contributed by atoms with Crippen LogP contribution in [0.25, 0.3) is 0 Å². The molecule has 5 saturated carbocycles. The molecule has 0 radical (unpaired) electrons. The number of benzene rings is 3. The molecule has 0 amide bonds. The van der Waals surface area contributed by atoms with Gasteiger partial charge in [-0.1, -0.05) is 24.3 Å². The Morgan fingerprint density at radius 3 is 1.71 bits per heavy atom. The highest BCUT2D eigenvalue weighted by molar-refractivity contribution is 5.98. The van der Waals surface area contributed by atoms with E-state index in [1.165, 1.54) is 68.3 Å². The zero-order chi connectivity index (χ0) is 49.1. The van der Waals surface area contributed by atoms with E-state index in [1.54, 1.807) is 24.3 Å². The van der Waals surface area contributed by atoms with Crippen molar-refractivity contribution >= 4 is 17.3 Å². The second-order valence-corrected chi connectivity index (χ2v) is 25.5. The monoisotopic (exact) mass is 989 g/mol. The predicted octanol–water partition coefficient (Wildman–Crippen LogP) is 6.12. The van der Waals surface area contributed by atoms with Crippen LogP contribution in [0.1, 0.15) is 117 Å². The summed E-state index contributed by atoms with van der Waals surface area (Å²) in [5.41, 5.74) is 4.94. The molecule has 12 atom stereocenters. The van der Waals surface area contributed by atoms with Crippen molar-refractivity contribution in [3.63, 3.8) is 0 Å². The fourth-order valence-corrected chi connectivity index (χ4v) is 18.4. The number of ketones is 3. The molecule has 3 spiro atoms. The van der Waals surface area contributed by atoms with Crippen molar-refractivity contribution in [3.8, 4) is 34.5 Å². The Balaban J connectivity index is 0.0000000936. The van der Waals surface area contributed by atoms with Gasteiger partial charge in [-0.2, -0.15) is 0 Å². The maximum Gasteiger partial charge on any atom is 0.196 e. The zero-order valence-electron chi connectivity index (χ0n) is 41.6. The molecule has 3 saturated heterocycles. The Hall–Kier alpha value is -4.95. The van der Waals surface area contributed by atoms with Gasteiger partial charge in [-0.15, -0.1) is 0 Å². The van der Waals surface area contributed by atoms with E-state index in [4.69, 9.17) is 14.2 Å². The molecule has 8 fully saturated rings. The Kier molecular flexibility index (Phi) is 9.19. The minimum Gasteiger partial charge on any atom is -0.504 e. The number of ether oxygens (including phenoxy) is 3. The van der Waals surface area contributed by atoms with Crippen LogP contribution in [-0.2, 0) is 49.9 Å². The average Bonchev–Trinajstić information content (AvgIpc) is 4.34. The van der Waals surface area contributed by atoms with E-state index < -0.39 is 23.2 Å². The van der Waals surface area contributed by atoms with Crippen LogP contribution in [0.4, 0.5) is 0 Å². The molecule has 382 valence electrons. The summed E-state index contributed by atoms with van der Waals surface area (Å²) in [4.78, 5) is 45.8. The first-order valence-electron chi connectivity index (χ1n) is 28.2. The van der Waals surface area contributed by atoms with Gasteiger partial charge < -0.3 is 34.6 Å². The highest BCUT2D eigenvalue weighted by atomic mass is 16.5. The number of carbonyl (C=O) groups is 3. The number of phenolic OH excluding ortho intramolecular Hbond substituents is 3. The Bertz CT molecular complexity index is 2970. The second-order valence-electron chi connectivity index (χ2n) is 25.5. The number of nitrogens with zero attached hydrogens (tertiary/aromatic N) is 3. The lowest BCUT2D eigenvalue weighted by molar-refractivity contribution is -0.188. The highest BCUT2D eigenvalue weighted by Crippen LogP contribution is 2.67. The third kappa shape index (κ3) is 5.86. The SMILES string of the molecule is O=C1C=C[C@H]2C3Cc4ccc(O)c5c4C2(CCN3CC2CC2)[C@H]1O5.O=C1CC[C@@]2(O)C3Cc4ccc(O)c5c4C2(CCN3CC2CC2)[C@H]1O5.O=C1CC[C@H]2C3Cc4ccc(O)c5c4C2(CCN3CC2CC2)[C@H]1O5. The van der Waals surface area contributed by atoms with Crippen molar-refractivity contribution in [2.45, 2.75) is 161 Å². The smallest absolute Gasteiger partial charge is 0.196 e. The van der Waals surface area contributed by atoms with Crippen LogP contribution in [0.2, 0.25) is 0 Å². The third-order valence-corrected chi connectivity index (χ3v) is 22.0. The molecular formula is C60H67N3O10. The van der Waals surface area contributed by atoms with Crippen LogP contribution in [-0.4, -0.2) is 134 Å². The minimum absolute atomic E-state index is 0.0454. The van der Waals surface area contributed by atoms with Gasteiger partial charge >= 0.3 is 0 Å². The van der Waals surface area contributed by atoms with Gasteiger partial charge in [0.2, 0.25) is 0 Å². The molecule has 73 heavy (non-hydrogen) atoms.